The molecule has 0 radical (unpaired) electrons. The molecule has 0 aromatic carbocycles. The van der Waals surface area contributed by atoms with Gasteiger partial charge in [-0.05, 0) is 25.7 Å². The van der Waals surface area contributed by atoms with Gasteiger partial charge in [0, 0.05) is 25.9 Å². The highest BCUT2D eigenvalue weighted by molar-refractivity contribution is 6.09. The molecule has 6 nitrogen and oxygen atoms in total. The predicted octanol–water partition coefficient (Wildman–Crippen LogP) is 0.353. The number of rotatable bonds is 2. The van der Waals surface area contributed by atoms with E-state index in [1.165, 1.54) is 0 Å². The van der Waals surface area contributed by atoms with Crippen LogP contribution in [0.5, 0.6) is 0 Å². The Morgan fingerprint density at radius 3 is 2.38 bits per heavy atom. The summed E-state index contributed by atoms with van der Waals surface area (Å²) in [4.78, 5) is 51.1. The second-order valence-electron chi connectivity index (χ2n) is 6.20. The first-order valence-electron chi connectivity index (χ1n) is 7.72. The minimum Gasteiger partial charge on any atom is -0.341 e. The van der Waals surface area contributed by atoms with Crippen molar-refractivity contribution in [2.75, 3.05) is 19.6 Å². The van der Waals surface area contributed by atoms with Crippen molar-refractivity contribution >= 4 is 23.5 Å². The fourth-order valence-electron chi connectivity index (χ4n) is 3.61. The number of carbonyl (C=O) groups excluding carboxylic acids is 4. The average Bonchev–Trinajstić information content (AvgIpc) is 2.73. The molecule has 0 N–H and O–H groups in total. The SMILES string of the molecule is O=C1CC[C@H]2C(=O)N(CC(=O)N3CCCCC3)C(=O)[C@@H]2C1. The lowest BCUT2D eigenvalue weighted by molar-refractivity contribution is -0.147. The Hall–Kier alpha value is -1.72. The minimum absolute atomic E-state index is 0.0432. The minimum atomic E-state index is -0.520. The topological polar surface area (TPSA) is 74.8 Å². The smallest absolute Gasteiger partial charge is 0.242 e. The molecular formula is C15H20N2O4. The molecule has 3 amide bonds. The van der Waals surface area contributed by atoms with E-state index in [-0.39, 0.29) is 42.4 Å². The van der Waals surface area contributed by atoms with Crippen molar-refractivity contribution in [3.8, 4) is 0 Å². The van der Waals surface area contributed by atoms with Crippen LogP contribution < -0.4 is 0 Å². The van der Waals surface area contributed by atoms with Gasteiger partial charge in [-0.25, -0.2) is 0 Å². The van der Waals surface area contributed by atoms with Crippen LogP contribution in [0.25, 0.3) is 0 Å². The number of fused-ring (bicyclic) bond motifs is 1. The van der Waals surface area contributed by atoms with Gasteiger partial charge in [0.1, 0.15) is 12.3 Å². The summed E-state index contributed by atoms with van der Waals surface area (Å²) in [6.45, 7) is 1.26. The van der Waals surface area contributed by atoms with Gasteiger partial charge in [-0.2, -0.15) is 0 Å². The molecule has 21 heavy (non-hydrogen) atoms. The summed E-state index contributed by atoms with van der Waals surface area (Å²) in [5.74, 6) is -1.61. The molecule has 6 heteroatoms. The fraction of sp³-hybridized carbons (Fsp3) is 0.733. The summed E-state index contributed by atoms with van der Waals surface area (Å²) < 4.78 is 0. The molecule has 3 fully saturated rings. The molecule has 1 aliphatic carbocycles. The Labute approximate surface area is 123 Å². The van der Waals surface area contributed by atoms with Crippen molar-refractivity contribution in [1.29, 1.82) is 0 Å². The first-order valence-corrected chi connectivity index (χ1v) is 7.72. The molecule has 2 aliphatic heterocycles. The van der Waals surface area contributed by atoms with Gasteiger partial charge in [-0.3, -0.25) is 24.1 Å². The monoisotopic (exact) mass is 292 g/mol. The van der Waals surface area contributed by atoms with Gasteiger partial charge in [0.15, 0.2) is 0 Å². The van der Waals surface area contributed by atoms with E-state index in [1.54, 1.807) is 4.90 Å². The lowest BCUT2D eigenvalue weighted by Crippen LogP contribution is -2.44. The normalized spacial score (nSPS) is 29.8. The van der Waals surface area contributed by atoms with Crippen LogP contribution in [0.3, 0.4) is 0 Å². The summed E-state index contributed by atoms with van der Waals surface area (Å²) >= 11 is 0. The molecule has 0 unspecified atom stereocenters. The standard InChI is InChI=1S/C15H20N2O4/c18-10-4-5-11-12(8-10)15(21)17(14(11)20)9-13(19)16-6-2-1-3-7-16/h11-12H,1-9H2/t11-,12-/m1/s1. The first-order chi connectivity index (χ1) is 10.1. The van der Waals surface area contributed by atoms with Crippen molar-refractivity contribution in [3.63, 3.8) is 0 Å². The molecule has 2 saturated heterocycles. The Balaban J connectivity index is 1.67. The van der Waals surface area contributed by atoms with Crippen molar-refractivity contribution < 1.29 is 19.2 Å². The van der Waals surface area contributed by atoms with Crippen LogP contribution in [-0.4, -0.2) is 52.9 Å². The summed E-state index contributed by atoms with van der Waals surface area (Å²) in [7, 11) is 0. The Bertz CT molecular complexity index is 496. The summed E-state index contributed by atoms with van der Waals surface area (Å²) in [6.07, 6.45) is 4.05. The van der Waals surface area contributed by atoms with E-state index in [4.69, 9.17) is 0 Å². The van der Waals surface area contributed by atoms with E-state index in [2.05, 4.69) is 0 Å². The van der Waals surface area contributed by atoms with Crippen molar-refractivity contribution in [2.45, 2.75) is 38.5 Å². The Morgan fingerprint density at radius 2 is 1.67 bits per heavy atom. The number of nitrogens with zero attached hydrogens (tertiary/aromatic N) is 2. The summed E-state index contributed by atoms with van der Waals surface area (Å²) in [5, 5.41) is 0. The molecule has 114 valence electrons. The van der Waals surface area contributed by atoms with Gasteiger partial charge in [0.2, 0.25) is 17.7 Å². The van der Waals surface area contributed by atoms with E-state index in [9.17, 15) is 19.2 Å². The fourth-order valence-corrected chi connectivity index (χ4v) is 3.61. The molecule has 3 rings (SSSR count). The third kappa shape index (κ3) is 2.59. The number of Topliss-reactive ketones (excluding diaryl/α,β-unsaturated/α-hetero) is 1. The molecule has 0 aromatic rings. The number of imide groups is 1. The molecule has 0 spiro atoms. The molecule has 3 aliphatic rings. The van der Waals surface area contributed by atoms with Crippen LogP contribution in [0, 0.1) is 11.8 Å². The number of amides is 3. The zero-order valence-corrected chi connectivity index (χ0v) is 12.0. The quantitative estimate of drug-likeness (QED) is 0.688. The van der Waals surface area contributed by atoms with Crippen LogP contribution in [-0.2, 0) is 19.2 Å². The number of likely N-dealkylation sites (tertiary alicyclic amines) is 2. The van der Waals surface area contributed by atoms with Crippen LogP contribution >= 0.6 is 0 Å². The van der Waals surface area contributed by atoms with Crippen LogP contribution in [0.1, 0.15) is 38.5 Å². The van der Waals surface area contributed by atoms with E-state index in [1.807, 2.05) is 0 Å². The molecule has 2 atom stereocenters. The van der Waals surface area contributed by atoms with Gasteiger partial charge in [-0.15, -0.1) is 0 Å². The van der Waals surface area contributed by atoms with Gasteiger partial charge in [0.25, 0.3) is 0 Å². The third-order valence-electron chi connectivity index (χ3n) is 4.84. The maximum atomic E-state index is 12.3. The van der Waals surface area contributed by atoms with Gasteiger partial charge < -0.3 is 4.90 Å². The highest BCUT2D eigenvalue weighted by Gasteiger charge is 2.50. The number of hydrogen-bond acceptors (Lipinski definition) is 4. The molecule has 0 aromatic heterocycles. The zero-order chi connectivity index (χ0) is 15.0. The van der Waals surface area contributed by atoms with Crippen molar-refractivity contribution in [3.05, 3.63) is 0 Å². The van der Waals surface area contributed by atoms with E-state index >= 15 is 0 Å². The third-order valence-corrected chi connectivity index (χ3v) is 4.84. The van der Waals surface area contributed by atoms with E-state index in [0.29, 0.717) is 25.9 Å². The predicted molar refractivity (Wildman–Crippen MR) is 73.0 cm³/mol. The first kappa shape index (κ1) is 14.2. The number of piperidine rings is 1. The largest absolute Gasteiger partial charge is 0.341 e. The molecular weight excluding hydrogens is 272 g/mol. The number of ketones is 1. The van der Waals surface area contributed by atoms with Gasteiger partial charge in [0.05, 0.1) is 11.8 Å². The second kappa shape index (κ2) is 5.58. The van der Waals surface area contributed by atoms with Crippen LogP contribution in [0.15, 0.2) is 0 Å². The Kier molecular flexibility index (Phi) is 3.78. The summed E-state index contributed by atoms with van der Waals surface area (Å²) in [6, 6.07) is 0. The zero-order valence-electron chi connectivity index (χ0n) is 12.0. The molecule has 2 heterocycles. The maximum Gasteiger partial charge on any atom is 0.242 e. The molecule has 0 bridgehead atoms. The number of carbonyl (C=O) groups is 4. The van der Waals surface area contributed by atoms with Crippen LogP contribution in [0.2, 0.25) is 0 Å². The van der Waals surface area contributed by atoms with E-state index in [0.717, 1.165) is 24.2 Å². The summed E-state index contributed by atoms with van der Waals surface area (Å²) in [5.41, 5.74) is 0. The van der Waals surface area contributed by atoms with Gasteiger partial charge >= 0.3 is 0 Å². The lowest BCUT2D eigenvalue weighted by Gasteiger charge is -2.28. The maximum absolute atomic E-state index is 12.3. The van der Waals surface area contributed by atoms with Gasteiger partial charge in [-0.1, -0.05) is 0 Å². The van der Waals surface area contributed by atoms with Crippen LogP contribution in [0.4, 0.5) is 0 Å². The molecule has 1 saturated carbocycles. The van der Waals surface area contributed by atoms with Crippen molar-refractivity contribution in [2.24, 2.45) is 11.8 Å². The number of hydrogen-bond donors (Lipinski definition) is 0. The highest BCUT2D eigenvalue weighted by Crippen LogP contribution is 2.36. The second-order valence-corrected chi connectivity index (χ2v) is 6.20. The van der Waals surface area contributed by atoms with E-state index < -0.39 is 5.92 Å². The average molecular weight is 292 g/mol. The highest BCUT2D eigenvalue weighted by atomic mass is 16.2. The Morgan fingerprint density at radius 1 is 1.00 bits per heavy atom. The van der Waals surface area contributed by atoms with Crippen molar-refractivity contribution in [1.82, 2.24) is 9.80 Å². The lowest BCUT2D eigenvalue weighted by atomic mass is 9.80.